The van der Waals surface area contributed by atoms with Crippen LogP contribution in [0, 0.1) is 19.8 Å². The van der Waals surface area contributed by atoms with Crippen molar-refractivity contribution >= 4 is 5.91 Å². The molecule has 6 heteroatoms. The normalized spacial score (nSPS) is 22.1. The standard InChI is InChI=1S/C16H26N4O2/c1-12-7-13(2)20(18-12)11-15-10-19(5-6-22-15)16(21)9-17-8-14-3-4-14/h7,14-15,17H,3-6,8-11H2,1-2H3. The molecule has 1 aromatic heterocycles. The van der Waals surface area contributed by atoms with Crippen molar-refractivity contribution in [3.8, 4) is 0 Å². The molecule has 1 aliphatic heterocycles. The van der Waals surface area contributed by atoms with Gasteiger partial charge in [0.2, 0.25) is 5.91 Å². The smallest absolute Gasteiger partial charge is 0.236 e. The summed E-state index contributed by atoms with van der Waals surface area (Å²) in [6.45, 7) is 8.13. The lowest BCUT2D eigenvalue weighted by atomic mass is 10.2. The maximum Gasteiger partial charge on any atom is 0.236 e. The average Bonchev–Trinajstić information content (AvgIpc) is 3.25. The first-order valence-corrected chi connectivity index (χ1v) is 8.23. The molecule has 2 fully saturated rings. The lowest BCUT2D eigenvalue weighted by Crippen LogP contribution is -2.49. The molecule has 0 aromatic carbocycles. The number of hydrogen-bond acceptors (Lipinski definition) is 4. The van der Waals surface area contributed by atoms with Crippen molar-refractivity contribution in [2.45, 2.75) is 39.3 Å². The minimum absolute atomic E-state index is 0.0270. The van der Waals surface area contributed by atoms with Crippen LogP contribution < -0.4 is 5.32 Å². The van der Waals surface area contributed by atoms with E-state index in [4.69, 9.17) is 4.74 Å². The average molecular weight is 306 g/mol. The van der Waals surface area contributed by atoms with Crippen LogP contribution in [0.3, 0.4) is 0 Å². The number of nitrogens with one attached hydrogen (secondary N) is 1. The molecule has 1 saturated heterocycles. The van der Waals surface area contributed by atoms with E-state index >= 15 is 0 Å². The van der Waals surface area contributed by atoms with Crippen molar-refractivity contribution < 1.29 is 9.53 Å². The Hall–Kier alpha value is -1.40. The SMILES string of the molecule is Cc1cc(C)n(CC2CN(C(=O)CNCC3CC3)CCO2)n1. The molecular weight excluding hydrogens is 280 g/mol. The molecule has 122 valence electrons. The van der Waals surface area contributed by atoms with Crippen molar-refractivity contribution in [1.82, 2.24) is 20.0 Å². The Morgan fingerprint density at radius 3 is 2.95 bits per heavy atom. The highest BCUT2D eigenvalue weighted by Crippen LogP contribution is 2.27. The number of amides is 1. The first-order valence-electron chi connectivity index (χ1n) is 8.23. The Kier molecular flexibility index (Phi) is 4.78. The van der Waals surface area contributed by atoms with Crippen LogP contribution in [0.4, 0.5) is 0 Å². The Morgan fingerprint density at radius 2 is 2.27 bits per heavy atom. The lowest BCUT2D eigenvalue weighted by molar-refractivity contribution is -0.138. The Bertz CT molecular complexity index is 524. The molecular formula is C16H26N4O2. The van der Waals surface area contributed by atoms with Gasteiger partial charge >= 0.3 is 0 Å². The molecule has 3 rings (SSSR count). The number of aryl methyl sites for hydroxylation is 2. The maximum absolute atomic E-state index is 12.3. The molecule has 1 saturated carbocycles. The number of morpholine rings is 1. The molecule has 1 aliphatic carbocycles. The van der Waals surface area contributed by atoms with E-state index in [1.54, 1.807) is 0 Å². The van der Waals surface area contributed by atoms with Gasteiger partial charge in [0.15, 0.2) is 0 Å². The fraction of sp³-hybridized carbons (Fsp3) is 0.750. The highest BCUT2D eigenvalue weighted by molar-refractivity contribution is 5.78. The Labute approximate surface area is 131 Å². The maximum atomic E-state index is 12.3. The first-order chi connectivity index (χ1) is 10.6. The van der Waals surface area contributed by atoms with E-state index < -0.39 is 0 Å². The highest BCUT2D eigenvalue weighted by atomic mass is 16.5. The zero-order valence-electron chi connectivity index (χ0n) is 13.5. The van der Waals surface area contributed by atoms with Crippen molar-refractivity contribution in [2.24, 2.45) is 5.92 Å². The van der Waals surface area contributed by atoms with Crippen LogP contribution in [0.1, 0.15) is 24.2 Å². The third-order valence-corrected chi connectivity index (χ3v) is 4.38. The fourth-order valence-electron chi connectivity index (χ4n) is 2.93. The molecule has 2 aliphatic rings. The summed E-state index contributed by atoms with van der Waals surface area (Å²) < 4.78 is 7.78. The van der Waals surface area contributed by atoms with E-state index in [9.17, 15) is 4.79 Å². The zero-order valence-corrected chi connectivity index (χ0v) is 13.5. The second kappa shape index (κ2) is 6.79. The van der Waals surface area contributed by atoms with Gasteiger partial charge in [-0.2, -0.15) is 5.10 Å². The molecule has 1 unspecified atom stereocenters. The van der Waals surface area contributed by atoms with Crippen molar-refractivity contribution in [3.63, 3.8) is 0 Å². The predicted octanol–water partition coefficient (Wildman–Crippen LogP) is 0.727. The molecule has 0 radical (unpaired) electrons. The van der Waals surface area contributed by atoms with E-state index in [0.717, 1.165) is 23.9 Å². The summed E-state index contributed by atoms with van der Waals surface area (Å²) in [6.07, 6.45) is 2.64. The van der Waals surface area contributed by atoms with Crippen LogP contribution in [0.15, 0.2) is 6.07 Å². The third-order valence-electron chi connectivity index (χ3n) is 4.38. The van der Waals surface area contributed by atoms with Gasteiger partial charge in [0.05, 0.1) is 31.5 Å². The van der Waals surface area contributed by atoms with Gasteiger partial charge < -0.3 is 15.0 Å². The van der Waals surface area contributed by atoms with Gasteiger partial charge in [0.1, 0.15) is 0 Å². The number of carbonyl (C=O) groups is 1. The number of nitrogens with zero attached hydrogens (tertiary/aromatic N) is 3. The topological polar surface area (TPSA) is 59.4 Å². The van der Waals surface area contributed by atoms with Crippen molar-refractivity contribution in [3.05, 3.63) is 17.5 Å². The highest BCUT2D eigenvalue weighted by Gasteiger charge is 2.26. The van der Waals surface area contributed by atoms with Crippen LogP contribution >= 0.6 is 0 Å². The summed E-state index contributed by atoms with van der Waals surface area (Å²) in [4.78, 5) is 14.2. The Morgan fingerprint density at radius 1 is 1.45 bits per heavy atom. The lowest BCUT2D eigenvalue weighted by Gasteiger charge is -2.33. The van der Waals surface area contributed by atoms with Gasteiger partial charge in [0, 0.05) is 18.8 Å². The van der Waals surface area contributed by atoms with Crippen molar-refractivity contribution in [2.75, 3.05) is 32.8 Å². The first kappa shape index (κ1) is 15.5. The summed E-state index contributed by atoms with van der Waals surface area (Å²) >= 11 is 0. The summed E-state index contributed by atoms with van der Waals surface area (Å²) in [5.41, 5.74) is 2.15. The van der Waals surface area contributed by atoms with Crippen LogP contribution in [0.2, 0.25) is 0 Å². The molecule has 1 amide bonds. The molecule has 6 nitrogen and oxygen atoms in total. The van der Waals surface area contributed by atoms with E-state index in [0.29, 0.717) is 32.8 Å². The molecule has 1 atom stereocenters. The largest absolute Gasteiger partial charge is 0.373 e. The van der Waals surface area contributed by atoms with Crippen LogP contribution in [-0.4, -0.2) is 59.5 Å². The molecule has 0 bridgehead atoms. The summed E-state index contributed by atoms with van der Waals surface area (Å²) in [5.74, 6) is 0.985. The molecule has 1 aromatic rings. The summed E-state index contributed by atoms with van der Waals surface area (Å²) in [5, 5.41) is 7.74. The van der Waals surface area contributed by atoms with E-state index in [1.165, 1.54) is 12.8 Å². The van der Waals surface area contributed by atoms with Gasteiger partial charge in [-0.15, -0.1) is 0 Å². The van der Waals surface area contributed by atoms with Crippen LogP contribution in [0.5, 0.6) is 0 Å². The quantitative estimate of drug-likeness (QED) is 0.842. The van der Waals surface area contributed by atoms with Crippen LogP contribution in [-0.2, 0) is 16.1 Å². The van der Waals surface area contributed by atoms with E-state index in [2.05, 4.69) is 16.5 Å². The molecule has 22 heavy (non-hydrogen) atoms. The van der Waals surface area contributed by atoms with Crippen LogP contribution in [0.25, 0.3) is 0 Å². The third kappa shape index (κ3) is 4.08. The minimum atomic E-state index is 0.0270. The number of ether oxygens (including phenoxy) is 1. The van der Waals surface area contributed by atoms with E-state index in [-0.39, 0.29) is 12.0 Å². The second-order valence-electron chi connectivity index (χ2n) is 6.52. The Balaban J connectivity index is 1.47. The van der Waals surface area contributed by atoms with Gasteiger partial charge in [-0.05, 0) is 45.2 Å². The minimum Gasteiger partial charge on any atom is -0.373 e. The molecule has 0 spiro atoms. The fourth-order valence-corrected chi connectivity index (χ4v) is 2.93. The van der Waals surface area contributed by atoms with Gasteiger partial charge in [-0.3, -0.25) is 9.48 Å². The van der Waals surface area contributed by atoms with E-state index in [1.807, 2.05) is 23.4 Å². The zero-order chi connectivity index (χ0) is 15.5. The summed E-state index contributed by atoms with van der Waals surface area (Å²) in [7, 11) is 0. The number of aromatic nitrogens is 2. The predicted molar refractivity (Wildman–Crippen MR) is 83.6 cm³/mol. The molecule has 2 heterocycles. The number of rotatable bonds is 6. The van der Waals surface area contributed by atoms with Crippen molar-refractivity contribution in [1.29, 1.82) is 0 Å². The monoisotopic (exact) mass is 306 g/mol. The number of hydrogen-bond donors (Lipinski definition) is 1. The van der Waals surface area contributed by atoms with Gasteiger partial charge in [0.25, 0.3) is 0 Å². The number of carbonyl (C=O) groups excluding carboxylic acids is 1. The van der Waals surface area contributed by atoms with Gasteiger partial charge in [-0.1, -0.05) is 0 Å². The second-order valence-corrected chi connectivity index (χ2v) is 6.52. The van der Waals surface area contributed by atoms with Gasteiger partial charge in [-0.25, -0.2) is 0 Å². The summed E-state index contributed by atoms with van der Waals surface area (Å²) in [6, 6.07) is 2.06. The molecule has 1 N–H and O–H groups in total.